The lowest BCUT2D eigenvalue weighted by molar-refractivity contribution is 0.0734. The summed E-state index contributed by atoms with van der Waals surface area (Å²) < 4.78 is 5.47. The van der Waals surface area contributed by atoms with Crippen molar-refractivity contribution in [3.8, 4) is 11.5 Å². The average molecular weight is 346 g/mol. The highest BCUT2D eigenvalue weighted by molar-refractivity contribution is 5.91. The number of rotatable bonds is 4. The first-order chi connectivity index (χ1) is 12.4. The van der Waals surface area contributed by atoms with E-state index in [-0.39, 0.29) is 17.1 Å². The highest BCUT2D eigenvalue weighted by Crippen LogP contribution is 2.33. The fraction of sp³-hybridized carbons (Fsp3) is 0.174. The first-order valence-electron chi connectivity index (χ1n) is 8.55. The van der Waals surface area contributed by atoms with E-state index in [0.29, 0.717) is 11.3 Å². The van der Waals surface area contributed by atoms with Crippen LogP contribution in [0.4, 0.5) is 0 Å². The van der Waals surface area contributed by atoms with Crippen molar-refractivity contribution in [2.45, 2.75) is 26.2 Å². The number of carbonyl (C=O) groups excluding carboxylic acids is 1. The first-order valence-corrected chi connectivity index (χ1v) is 8.55. The number of aromatic hydroxyl groups is 1. The van der Waals surface area contributed by atoms with Crippen molar-refractivity contribution in [3.05, 3.63) is 95.1 Å². The molecule has 0 bridgehead atoms. The maximum absolute atomic E-state index is 12.3. The van der Waals surface area contributed by atoms with E-state index in [9.17, 15) is 9.90 Å². The van der Waals surface area contributed by atoms with Gasteiger partial charge in [-0.2, -0.15) is 0 Å². The van der Waals surface area contributed by atoms with Crippen molar-refractivity contribution in [1.29, 1.82) is 0 Å². The van der Waals surface area contributed by atoms with Gasteiger partial charge in [-0.15, -0.1) is 0 Å². The molecule has 1 N–H and O–H groups in total. The highest BCUT2D eigenvalue weighted by atomic mass is 16.5. The molecule has 3 nitrogen and oxygen atoms in total. The minimum atomic E-state index is -0.362. The molecule has 3 rings (SSSR count). The maximum Gasteiger partial charge on any atom is 0.343 e. The number of esters is 1. The largest absolute Gasteiger partial charge is 0.508 e. The topological polar surface area (TPSA) is 46.5 Å². The fourth-order valence-electron chi connectivity index (χ4n) is 2.92. The molecule has 0 atom stereocenters. The Morgan fingerprint density at radius 2 is 1.46 bits per heavy atom. The van der Waals surface area contributed by atoms with Crippen molar-refractivity contribution in [3.63, 3.8) is 0 Å². The third-order valence-electron chi connectivity index (χ3n) is 4.63. The van der Waals surface area contributed by atoms with Crippen LogP contribution in [-0.2, 0) is 5.41 Å². The van der Waals surface area contributed by atoms with Crippen molar-refractivity contribution in [2.24, 2.45) is 0 Å². The van der Waals surface area contributed by atoms with Crippen molar-refractivity contribution in [1.82, 2.24) is 0 Å². The van der Waals surface area contributed by atoms with Gasteiger partial charge in [0.25, 0.3) is 0 Å². The van der Waals surface area contributed by atoms with E-state index in [1.165, 1.54) is 0 Å². The number of hydrogen-bond donors (Lipinski definition) is 1. The molecule has 26 heavy (non-hydrogen) atoms. The summed E-state index contributed by atoms with van der Waals surface area (Å²) in [6.45, 7) is 6.18. The predicted molar refractivity (Wildman–Crippen MR) is 103 cm³/mol. The van der Waals surface area contributed by atoms with Crippen LogP contribution in [0.3, 0.4) is 0 Å². The highest BCUT2D eigenvalue weighted by Gasteiger charge is 2.23. The van der Waals surface area contributed by atoms with E-state index in [2.05, 4.69) is 13.8 Å². The van der Waals surface area contributed by atoms with Crippen LogP contribution < -0.4 is 4.74 Å². The van der Waals surface area contributed by atoms with Gasteiger partial charge >= 0.3 is 5.97 Å². The Morgan fingerprint density at radius 1 is 0.885 bits per heavy atom. The lowest BCUT2D eigenvalue weighted by atomic mass is 9.78. The molecule has 132 valence electrons. The van der Waals surface area contributed by atoms with Gasteiger partial charge in [0.15, 0.2) is 0 Å². The van der Waals surface area contributed by atoms with E-state index in [4.69, 9.17) is 4.74 Å². The van der Waals surface area contributed by atoms with Crippen LogP contribution in [0.25, 0.3) is 0 Å². The zero-order valence-electron chi connectivity index (χ0n) is 15.2. The second-order valence-electron chi connectivity index (χ2n) is 6.96. The van der Waals surface area contributed by atoms with Crippen LogP contribution in [-0.4, -0.2) is 11.1 Å². The minimum Gasteiger partial charge on any atom is -0.508 e. The van der Waals surface area contributed by atoms with Crippen LogP contribution >= 0.6 is 0 Å². The molecule has 3 heteroatoms. The Bertz CT molecular complexity index is 907. The molecule has 3 aromatic rings. The summed E-state index contributed by atoms with van der Waals surface area (Å²) in [5.41, 5.74) is 3.52. The van der Waals surface area contributed by atoms with Gasteiger partial charge in [-0.25, -0.2) is 4.79 Å². The monoisotopic (exact) mass is 346 g/mol. The van der Waals surface area contributed by atoms with Gasteiger partial charge in [-0.3, -0.25) is 0 Å². The fourth-order valence-corrected chi connectivity index (χ4v) is 2.92. The van der Waals surface area contributed by atoms with Crippen LogP contribution in [0.5, 0.6) is 11.5 Å². The number of benzene rings is 3. The molecule has 0 fully saturated rings. The Labute approximate surface area is 153 Å². The van der Waals surface area contributed by atoms with E-state index in [0.717, 1.165) is 16.7 Å². The molecule has 0 saturated carbocycles. The van der Waals surface area contributed by atoms with Gasteiger partial charge in [-0.1, -0.05) is 55.8 Å². The Hall–Kier alpha value is -3.07. The minimum absolute atomic E-state index is 0.229. The normalized spacial score (nSPS) is 11.2. The van der Waals surface area contributed by atoms with Gasteiger partial charge in [-0.05, 0) is 54.4 Å². The second kappa shape index (κ2) is 7.04. The number of phenolic OH excluding ortho intramolecular Hbond substituents is 1. The van der Waals surface area contributed by atoms with E-state index < -0.39 is 0 Å². The van der Waals surface area contributed by atoms with Crippen molar-refractivity contribution >= 4 is 5.97 Å². The maximum atomic E-state index is 12.3. The molecule has 0 aromatic heterocycles. The third kappa shape index (κ3) is 3.77. The molecule has 0 radical (unpaired) electrons. The third-order valence-corrected chi connectivity index (χ3v) is 4.63. The molecule has 0 aliphatic rings. The van der Waals surface area contributed by atoms with E-state index in [1.807, 2.05) is 61.5 Å². The molecule has 0 saturated heterocycles. The van der Waals surface area contributed by atoms with E-state index >= 15 is 0 Å². The summed E-state index contributed by atoms with van der Waals surface area (Å²) in [7, 11) is 0. The molecule has 0 heterocycles. The van der Waals surface area contributed by atoms with Crippen LogP contribution in [0.2, 0.25) is 0 Å². The van der Waals surface area contributed by atoms with Gasteiger partial charge in [0.1, 0.15) is 11.5 Å². The molecule has 0 aliphatic carbocycles. The number of carbonyl (C=O) groups is 1. The predicted octanol–water partition coefficient (Wildman–Crippen LogP) is 5.25. The van der Waals surface area contributed by atoms with Crippen molar-refractivity contribution in [2.75, 3.05) is 0 Å². The summed E-state index contributed by atoms with van der Waals surface area (Å²) in [5, 5.41) is 9.48. The summed E-state index contributed by atoms with van der Waals surface area (Å²) in [5.74, 6) is 0.406. The summed E-state index contributed by atoms with van der Waals surface area (Å²) in [4.78, 5) is 12.3. The lowest BCUT2D eigenvalue weighted by Gasteiger charge is -2.26. The molecule has 0 unspecified atom stereocenters. The number of phenols is 1. The molecule has 3 aromatic carbocycles. The van der Waals surface area contributed by atoms with Crippen LogP contribution in [0.1, 0.15) is 40.9 Å². The summed E-state index contributed by atoms with van der Waals surface area (Å²) >= 11 is 0. The van der Waals surface area contributed by atoms with Gasteiger partial charge in [0.05, 0.1) is 5.56 Å². The van der Waals surface area contributed by atoms with Gasteiger partial charge in [0.2, 0.25) is 0 Å². The molecule has 0 amide bonds. The Kier molecular flexibility index (Phi) is 4.81. The number of aryl methyl sites for hydroxylation is 1. The smallest absolute Gasteiger partial charge is 0.343 e. The molecular weight excluding hydrogens is 324 g/mol. The average Bonchev–Trinajstić information content (AvgIpc) is 2.62. The molecule has 0 spiro atoms. The number of ether oxygens (including phenoxy) is 1. The van der Waals surface area contributed by atoms with Crippen LogP contribution in [0, 0.1) is 6.92 Å². The first kappa shape index (κ1) is 17.7. The Balaban J connectivity index is 1.77. The Morgan fingerprint density at radius 3 is 2.04 bits per heavy atom. The van der Waals surface area contributed by atoms with Crippen LogP contribution in [0.15, 0.2) is 72.8 Å². The molecule has 0 aliphatic heterocycles. The van der Waals surface area contributed by atoms with Crippen molar-refractivity contribution < 1.29 is 14.6 Å². The zero-order valence-corrected chi connectivity index (χ0v) is 15.2. The quantitative estimate of drug-likeness (QED) is 0.519. The second-order valence-corrected chi connectivity index (χ2v) is 6.96. The van der Waals surface area contributed by atoms with E-state index in [1.54, 1.807) is 18.2 Å². The standard InChI is InChI=1S/C23H22O3/c1-16-5-4-6-17(15-16)22(25)26-21-13-9-19(10-14-21)23(2,3)18-7-11-20(24)12-8-18/h4-15,24H,1-3H3. The zero-order chi connectivity index (χ0) is 18.7. The summed E-state index contributed by atoms with van der Waals surface area (Å²) in [6.07, 6.45) is 0. The van der Waals surface area contributed by atoms with Gasteiger partial charge < -0.3 is 9.84 Å². The molecular formula is C23H22O3. The lowest BCUT2D eigenvalue weighted by Crippen LogP contribution is -2.18. The summed E-state index contributed by atoms with van der Waals surface area (Å²) in [6, 6.07) is 22.1. The SMILES string of the molecule is Cc1cccc(C(=O)Oc2ccc(C(C)(C)c3ccc(O)cc3)cc2)c1. The van der Waals surface area contributed by atoms with Gasteiger partial charge in [0, 0.05) is 5.41 Å². The number of hydrogen-bond acceptors (Lipinski definition) is 3.